The Kier molecular flexibility index (Phi) is 5.73. The molecule has 2 N–H and O–H groups in total. The van der Waals surface area contributed by atoms with E-state index in [1.165, 1.54) is 0 Å². The topological polar surface area (TPSA) is 61.8 Å². The van der Waals surface area contributed by atoms with Gasteiger partial charge in [-0.15, -0.1) is 0 Å². The van der Waals surface area contributed by atoms with Crippen LogP contribution in [0.4, 0.5) is 0 Å². The van der Waals surface area contributed by atoms with Gasteiger partial charge in [0.15, 0.2) is 0 Å². The summed E-state index contributed by atoms with van der Waals surface area (Å²) >= 11 is 0. The highest BCUT2D eigenvalue weighted by atomic mass is 16.5. The van der Waals surface area contributed by atoms with Crippen LogP contribution in [-0.2, 0) is 9.53 Å². The lowest BCUT2D eigenvalue weighted by atomic mass is 10.0. The number of nitrogens with zero attached hydrogens (tertiary/aromatic N) is 1. The number of ether oxygens (including phenoxy) is 1. The van der Waals surface area contributed by atoms with Gasteiger partial charge in [0, 0.05) is 13.7 Å². The number of rotatable bonds is 6. The van der Waals surface area contributed by atoms with E-state index in [9.17, 15) is 9.90 Å². The van der Waals surface area contributed by atoms with Crippen molar-refractivity contribution >= 4 is 5.91 Å². The Bertz CT molecular complexity index is 221. The fourth-order valence-electron chi connectivity index (χ4n) is 2.13. The lowest BCUT2D eigenvalue weighted by molar-refractivity contribution is -0.141. The molecule has 5 nitrogen and oxygen atoms in total. The van der Waals surface area contributed by atoms with Gasteiger partial charge in [-0.05, 0) is 19.4 Å². The third kappa shape index (κ3) is 3.17. The van der Waals surface area contributed by atoms with Gasteiger partial charge < -0.3 is 20.1 Å². The molecule has 1 aliphatic rings. The molecule has 0 bridgehead atoms. The molecule has 94 valence electrons. The maximum absolute atomic E-state index is 12.1. The van der Waals surface area contributed by atoms with Crippen molar-refractivity contribution in [2.45, 2.75) is 31.8 Å². The van der Waals surface area contributed by atoms with Gasteiger partial charge in [0.2, 0.25) is 5.91 Å². The second-order valence-corrected chi connectivity index (χ2v) is 4.08. The molecule has 0 aromatic heterocycles. The number of hydrogen-bond donors (Lipinski definition) is 2. The third-order valence-corrected chi connectivity index (χ3v) is 2.93. The molecule has 5 heteroatoms. The van der Waals surface area contributed by atoms with Crippen LogP contribution in [0.1, 0.15) is 19.8 Å². The SMILES string of the molecule is CCNC1CCCN(C(CO)COC)C1=O. The highest BCUT2D eigenvalue weighted by molar-refractivity contribution is 5.83. The number of carbonyl (C=O) groups excluding carboxylic acids is 1. The van der Waals surface area contributed by atoms with Gasteiger partial charge >= 0.3 is 0 Å². The lowest BCUT2D eigenvalue weighted by Gasteiger charge is -2.37. The molecule has 1 aliphatic heterocycles. The first-order valence-electron chi connectivity index (χ1n) is 5.88. The van der Waals surface area contributed by atoms with Gasteiger partial charge in [-0.25, -0.2) is 0 Å². The van der Waals surface area contributed by atoms with Crippen LogP contribution in [0, 0.1) is 0 Å². The number of carbonyl (C=O) groups is 1. The maximum atomic E-state index is 12.1. The van der Waals surface area contributed by atoms with E-state index in [4.69, 9.17) is 4.74 Å². The zero-order valence-electron chi connectivity index (χ0n) is 10.1. The van der Waals surface area contributed by atoms with Crippen molar-refractivity contribution in [3.63, 3.8) is 0 Å². The molecular weight excluding hydrogens is 208 g/mol. The Morgan fingerprint density at radius 3 is 3.00 bits per heavy atom. The molecule has 0 aromatic rings. The zero-order chi connectivity index (χ0) is 12.0. The molecule has 1 saturated heterocycles. The number of hydrogen-bond acceptors (Lipinski definition) is 4. The zero-order valence-corrected chi connectivity index (χ0v) is 10.1. The highest BCUT2D eigenvalue weighted by Crippen LogP contribution is 2.14. The number of aliphatic hydroxyl groups is 1. The molecule has 0 radical (unpaired) electrons. The number of aliphatic hydroxyl groups excluding tert-OH is 1. The largest absolute Gasteiger partial charge is 0.394 e. The quantitative estimate of drug-likeness (QED) is 0.651. The van der Waals surface area contributed by atoms with Crippen LogP contribution in [0.5, 0.6) is 0 Å². The molecule has 1 rings (SSSR count). The van der Waals surface area contributed by atoms with Gasteiger partial charge in [-0.1, -0.05) is 6.92 Å². The van der Waals surface area contributed by atoms with Crippen molar-refractivity contribution in [3.05, 3.63) is 0 Å². The Morgan fingerprint density at radius 1 is 1.69 bits per heavy atom. The minimum atomic E-state index is -0.209. The Labute approximate surface area is 96.8 Å². The predicted octanol–water partition coefficient (Wildman–Crippen LogP) is -0.406. The summed E-state index contributed by atoms with van der Waals surface area (Å²) in [5.41, 5.74) is 0. The summed E-state index contributed by atoms with van der Waals surface area (Å²) in [5, 5.41) is 12.4. The van der Waals surface area contributed by atoms with Gasteiger partial charge in [0.1, 0.15) is 0 Å². The lowest BCUT2D eigenvalue weighted by Crippen LogP contribution is -2.56. The molecule has 1 amide bonds. The number of piperidine rings is 1. The fraction of sp³-hybridized carbons (Fsp3) is 0.909. The first-order chi connectivity index (χ1) is 7.74. The van der Waals surface area contributed by atoms with E-state index in [1.54, 1.807) is 12.0 Å². The van der Waals surface area contributed by atoms with Gasteiger partial charge in [0.05, 0.1) is 25.3 Å². The van der Waals surface area contributed by atoms with Crippen molar-refractivity contribution in [2.75, 3.05) is 33.4 Å². The van der Waals surface area contributed by atoms with Gasteiger partial charge in [-0.2, -0.15) is 0 Å². The summed E-state index contributed by atoms with van der Waals surface area (Å²) in [6.45, 7) is 3.85. The second-order valence-electron chi connectivity index (χ2n) is 4.08. The van der Waals surface area contributed by atoms with Gasteiger partial charge in [-0.3, -0.25) is 4.79 Å². The normalized spacial score (nSPS) is 23.6. The first kappa shape index (κ1) is 13.4. The molecule has 2 atom stereocenters. The number of likely N-dealkylation sites (tertiary alicyclic amines) is 1. The highest BCUT2D eigenvalue weighted by Gasteiger charge is 2.32. The fourth-order valence-corrected chi connectivity index (χ4v) is 2.13. The van der Waals surface area contributed by atoms with E-state index in [0.29, 0.717) is 6.61 Å². The van der Waals surface area contributed by atoms with E-state index < -0.39 is 0 Å². The number of amides is 1. The Morgan fingerprint density at radius 2 is 2.44 bits per heavy atom. The average molecular weight is 230 g/mol. The molecule has 1 heterocycles. The summed E-state index contributed by atoms with van der Waals surface area (Å²) in [5.74, 6) is 0.0872. The van der Waals surface area contributed by atoms with Crippen molar-refractivity contribution in [2.24, 2.45) is 0 Å². The second kappa shape index (κ2) is 6.83. The number of likely N-dealkylation sites (N-methyl/N-ethyl adjacent to an activating group) is 1. The number of nitrogens with one attached hydrogen (secondary N) is 1. The third-order valence-electron chi connectivity index (χ3n) is 2.93. The molecule has 16 heavy (non-hydrogen) atoms. The van der Waals surface area contributed by atoms with E-state index >= 15 is 0 Å². The summed E-state index contributed by atoms with van der Waals surface area (Å²) in [6.07, 6.45) is 1.86. The van der Waals surface area contributed by atoms with E-state index in [2.05, 4.69) is 5.32 Å². The Hall–Kier alpha value is -0.650. The van der Waals surface area contributed by atoms with Crippen LogP contribution in [0.2, 0.25) is 0 Å². The molecule has 0 saturated carbocycles. The van der Waals surface area contributed by atoms with Crippen molar-refractivity contribution < 1.29 is 14.6 Å². The molecule has 0 aromatic carbocycles. The van der Waals surface area contributed by atoms with Crippen molar-refractivity contribution in [1.82, 2.24) is 10.2 Å². The molecule has 0 aliphatic carbocycles. The summed E-state index contributed by atoms with van der Waals surface area (Å²) in [6, 6.07) is -0.302. The molecule has 0 spiro atoms. The standard InChI is InChI=1S/C11H22N2O3/c1-3-12-10-5-4-6-13(11(10)15)9(7-14)8-16-2/h9-10,12,14H,3-8H2,1-2H3. The predicted molar refractivity (Wildman–Crippen MR) is 61.2 cm³/mol. The van der Waals surface area contributed by atoms with Crippen molar-refractivity contribution in [1.29, 1.82) is 0 Å². The smallest absolute Gasteiger partial charge is 0.240 e. The van der Waals surface area contributed by atoms with Crippen LogP contribution in [0.3, 0.4) is 0 Å². The maximum Gasteiger partial charge on any atom is 0.240 e. The molecular formula is C11H22N2O3. The van der Waals surface area contributed by atoms with E-state index in [-0.39, 0.29) is 24.6 Å². The van der Waals surface area contributed by atoms with E-state index in [1.807, 2.05) is 6.92 Å². The van der Waals surface area contributed by atoms with Crippen molar-refractivity contribution in [3.8, 4) is 0 Å². The Balaban J connectivity index is 2.60. The van der Waals surface area contributed by atoms with Gasteiger partial charge in [0.25, 0.3) is 0 Å². The molecule has 1 fully saturated rings. The monoisotopic (exact) mass is 230 g/mol. The summed E-state index contributed by atoms with van der Waals surface area (Å²) in [7, 11) is 1.58. The summed E-state index contributed by atoms with van der Waals surface area (Å²) < 4.78 is 5.02. The van der Waals surface area contributed by atoms with Crippen LogP contribution >= 0.6 is 0 Å². The van der Waals surface area contributed by atoms with Crippen LogP contribution in [-0.4, -0.2) is 61.4 Å². The molecule has 2 unspecified atom stereocenters. The van der Waals surface area contributed by atoms with E-state index in [0.717, 1.165) is 25.9 Å². The average Bonchev–Trinajstić information content (AvgIpc) is 2.30. The van der Waals surface area contributed by atoms with Crippen LogP contribution < -0.4 is 5.32 Å². The minimum absolute atomic E-state index is 0.0432. The summed E-state index contributed by atoms with van der Waals surface area (Å²) in [4.78, 5) is 13.8. The number of methoxy groups -OCH3 is 1. The minimum Gasteiger partial charge on any atom is -0.394 e. The first-order valence-corrected chi connectivity index (χ1v) is 5.88. The van der Waals surface area contributed by atoms with Crippen LogP contribution in [0.15, 0.2) is 0 Å². The van der Waals surface area contributed by atoms with Crippen LogP contribution in [0.25, 0.3) is 0 Å².